The summed E-state index contributed by atoms with van der Waals surface area (Å²) in [6, 6.07) is 13.3. The number of rotatable bonds is 8. The van der Waals surface area contributed by atoms with Crippen molar-refractivity contribution in [2.75, 3.05) is 19.8 Å². The quantitative estimate of drug-likeness (QED) is 0.767. The third kappa shape index (κ3) is 5.23. The molecule has 0 spiro atoms. The number of para-hydroxylation sites is 1. The summed E-state index contributed by atoms with van der Waals surface area (Å²) in [5, 5.41) is 2.96. The molecule has 2 aromatic carbocycles. The molecule has 0 aromatic heterocycles. The predicted molar refractivity (Wildman–Crippen MR) is 104 cm³/mol. The fourth-order valence-corrected chi connectivity index (χ4v) is 3.12. The molecule has 1 amide bonds. The average molecular weight is 369 g/mol. The predicted octanol–water partition coefficient (Wildman–Crippen LogP) is 3.88. The van der Waals surface area contributed by atoms with Crippen molar-refractivity contribution in [3.8, 4) is 11.5 Å². The van der Waals surface area contributed by atoms with Gasteiger partial charge in [-0.3, -0.25) is 4.79 Å². The van der Waals surface area contributed by atoms with Crippen LogP contribution in [0.1, 0.15) is 41.3 Å². The third-order valence-electron chi connectivity index (χ3n) is 4.61. The van der Waals surface area contributed by atoms with Crippen molar-refractivity contribution in [2.24, 2.45) is 0 Å². The Kier molecular flexibility index (Phi) is 6.71. The van der Waals surface area contributed by atoms with E-state index in [9.17, 15) is 4.79 Å². The van der Waals surface area contributed by atoms with Gasteiger partial charge in [-0.25, -0.2) is 0 Å². The van der Waals surface area contributed by atoms with E-state index in [0.29, 0.717) is 25.3 Å². The summed E-state index contributed by atoms with van der Waals surface area (Å²) in [6.45, 7) is 6.17. The van der Waals surface area contributed by atoms with Gasteiger partial charge < -0.3 is 19.5 Å². The minimum absolute atomic E-state index is 0.106. The standard InChI is InChI=1S/C22H27NO4/c1-3-25-21-11-10-17(22(24)23-14-19-8-6-12-26-19)13-18(21)15-27-20-9-5-4-7-16(20)2/h4-5,7,9-11,13,19H,3,6,8,12,14-15H2,1-2H3,(H,23,24). The maximum absolute atomic E-state index is 12.5. The van der Waals surface area contributed by atoms with Crippen LogP contribution in [0.5, 0.6) is 11.5 Å². The van der Waals surface area contributed by atoms with E-state index in [1.807, 2.05) is 50.2 Å². The van der Waals surface area contributed by atoms with Crippen molar-refractivity contribution >= 4 is 5.91 Å². The van der Waals surface area contributed by atoms with Gasteiger partial charge in [-0.2, -0.15) is 0 Å². The SMILES string of the molecule is CCOc1ccc(C(=O)NCC2CCCO2)cc1COc1ccccc1C. The molecule has 1 N–H and O–H groups in total. The van der Waals surface area contributed by atoms with E-state index in [2.05, 4.69) is 5.32 Å². The molecule has 0 bridgehead atoms. The molecule has 27 heavy (non-hydrogen) atoms. The van der Waals surface area contributed by atoms with Crippen LogP contribution in [0.4, 0.5) is 0 Å². The number of hydrogen-bond acceptors (Lipinski definition) is 4. The number of nitrogens with one attached hydrogen (secondary N) is 1. The molecule has 0 saturated carbocycles. The Labute approximate surface area is 160 Å². The molecule has 1 atom stereocenters. The summed E-state index contributed by atoms with van der Waals surface area (Å²) in [4.78, 5) is 12.5. The molecule has 3 rings (SSSR count). The van der Waals surface area contributed by atoms with Gasteiger partial charge >= 0.3 is 0 Å². The maximum Gasteiger partial charge on any atom is 0.251 e. The van der Waals surface area contributed by atoms with E-state index in [4.69, 9.17) is 14.2 Å². The molecule has 0 aliphatic carbocycles. The van der Waals surface area contributed by atoms with Crippen molar-refractivity contribution in [2.45, 2.75) is 39.4 Å². The highest BCUT2D eigenvalue weighted by atomic mass is 16.5. The van der Waals surface area contributed by atoms with Crippen molar-refractivity contribution in [1.29, 1.82) is 0 Å². The van der Waals surface area contributed by atoms with Crippen molar-refractivity contribution in [1.82, 2.24) is 5.32 Å². The van der Waals surface area contributed by atoms with E-state index in [1.165, 1.54) is 0 Å². The molecular formula is C22H27NO4. The Hall–Kier alpha value is -2.53. The molecule has 1 saturated heterocycles. The van der Waals surface area contributed by atoms with Gasteiger partial charge in [0.25, 0.3) is 5.91 Å². The maximum atomic E-state index is 12.5. The van der Waals surface area contributed by atoms with Crippen LogP contribution in [-0.2, 0) is 11.3 Å². The third-order valence-corrected chi connectivity index (χ3v) is 4.61. The molecule has 0 radical (unpaired) electrons. The fraction of sp³-hybridized carbons (Fsp3) is 0.409. The van der Waals surface area contributed by atoms with Crippen LogP contribution in [0.15, 0.2) is 42.5 Å². The summed E-state index contributed by atoms with van der Waals surface area (Å²) in [5.41, 5.74) is 2.52. The van der Waals surface area contributed by atoms with Crippen molar-refractivity contribution < 1.29 is 19.0 Å². The fourth-order valence-electron chi connectivity index (χ4n) is 3.12. The lowest BCUT2D eigenvalue weighted by molar-refractivity contribution is 0.0857. The summed E-state index contributed by atoms with van der Waals surface area (Å²) < 4.78 is 17.2. The molecule has 1 unspecified atom stereocenters. The normalized spacial score (nSPS) is 16.1. The van der Waals surface area contributed by atoms with E-state index in [-0.39, 0.29) is 12.0 Å². The van der Waals surface area contributed by atoms with Gasteiger partial charge in [0, 0.05) is 24.3 Å². The largest absolute Gasteiger partial charge is 0.493 e. The highest BCUT2D eigenvalue weighted by Gasteiger charge is 2.17. The molecule has 5 heteroatoms. The monoisotopic (exact) mass is 369 g/mol. The number of hydrogen-bond donors (Lipinski definition) is 1. The average Bonchev–Trinajstić information content (AvgIpc) is 3.20. The van der Waals surface area contributed by atoms with E-state index in [0.717, 1.165) is 42.1 Å². The van der Waals surface area contributed by atoms with Gasteiger partial charge in [-0.05, 0) is 56.5 Å². The van der Waals surface area contributed by atoms with Crippen LogP contribution in [0.3, 0.4) is 0 Å². The number of benzene rings is 2. The van der Waals surface area contributed by atoms with Gasteiger partial charge in [-0.15, -0.1) is 0 Å². The van der Waals surface area contributed by atoms with E-state index >= 15 is 0 Å². The molecule has 5 nitrogen and oxygen atoms in total. The summed E-state index contributed by atoms with van der Waals surface area (Å²) >= 11 is 0. The molecule has 1 fully saturated rings. The molecule has 1 heterocycles. The lowest BCUT2D eigenvalue weighted by atomic mass is 10.1. The Bertz CT molecular complexity index is 769. The minimum Gasteiger partial charge on any atom is -0.493 e. The molecular weight excluding hydrogens is 342 g/mol. The lowest BCUT2D eigenvalue weighted by Crippen LogP contribution is -2.31. The molecule has 144 valence electrons. The zero-order valence-electron chi connectivity index (χ0n) is 16.0. The first-order chi connectivity index (χ1) is 13.2. The second-order valence-electron chi connectivity index (χ2n) is 6.65. The smallest absolute Gasteiger partial charge is 0.251 e. The van der Waals surface area contributed by atoms with Crippen molar-refractivity contribution in [3.63, 3.8) is 0 Å². The first-order valence-electron chi connectivity index (χ1n) is 9.51. The van der Waals surface area contributed by atoms with Gasteiger partial charge in [0.05, 0.1) is 12.7 Å². The van der Waals surface area contributed by atoms with Crippen LogP contribution in [0.2, 0.25) is 0 Å². The highest BCUT2D eigenvalue weighted by molar-refractivity contribution is 5.94. The zero-order chi connectivity index (χ0) is 19.1. The lowest BCUT2D eigenvalue weighted by Gasteiger charge is -2.15. The van der Waals surface area contributed by atoms with Crippen molar-refractivity contribution in [3.05, 3.63) is 59.2 Å². The number of carbonyl (C=O) groups excluding carboxylic acids is 1. The summed E-state index contributed by atoms with van der Waals surface area (Å²) in [6.07, 6.45) is 2.18. The Morgan fingerprint density at radius 3 is 2.78 bits per heavy atom. The second-order valence-corrected chi connectivity index (χ2v) is 6.65. The highest BCUT2D eigenvalue weighted by Crippen LogP contribution is 2.24. The molecule has 2 aromatic rings. The number of carbonyl (C=O) groups is 1. The minimum atomic E-state index is -0.106. The number of aryl methyl sites for hydroxylation is 1. The number of ether oxygens (including phenoxy) is 3. The second kappa shape index (κ2) is 9.42. The Balaban J connectivity index is 1.69. The van der Waals surface area contributed by atoms with E-state index < -0.39 is 0 Å². The van der Waals surface area contributed by atoms with Crippen LogP contribution in [0, 0.1) is 6.92 Å². The summed E-state index contributed by atoms with van der Waals surface area (Å²) in [5.74, 6) is 1.46. The number of amides is 1. The summed E-state index contributed by atoms with van der Waals surface area (Å²) in [7, 11) is 0. The Morgan fingerprint density at radius 2 is 2.04 bits per heavy atom. The Morgan fingerprint density at radius 1 is 1.19 bits per heavy atom. The van der Waals surface area contributed by atoms with Crippen LogP contribution >= 0.6 is 0 Å². The van der Waals surface area contributed by atoms with Gasteiger partial charge in [0.1, 0.15) is 18.1 Å². The zero-order valence-corrected chi connectivity index (χ0v) is 16.0. The van der Waals surface area contributed by atoms with Gasteiger partial charge in [0.15, 0.2) is 0 Å². The topological polar surface area (TPSA) is 56.8 Å². The van der Waals surface area contributed by atoms with E-state index in [1.54, 1.807) is 6.07 Å². The van der Waals surface area contributed by atoms with Gasteiger partial charge in [0.2, 0.25) is 0 Å². The van der Waals surface area contributed by atoms with Gasteiger partial charge in [-0.1, -0.05) is 18.2 Å². The molecule has 1 aliphatic rings. The van der Waals surface area contributed by atoms with Crippen LogP contribution in [0.25, 0.3) is 0 Å². The first-order valence-corrected chi connectivity index (χ1v) is 9.51. The van der Waals surface area contributed by atoms with Crippen LogP contribution in [-0.4, -0.2) is 31.8 Å². The van der Waals surface area contributed by atoms with Crippen LogP contribution < -0.4 is 14.8 Å². The molecule has 1 aliphatic heterocycles. The first kappa shape index (κ1) is 19.2.